The Morgan fingerprint density at radius 3 is 2.46 bits per heavy atom. The number of ether oxygens (including phenoxy) is 1. The van der Waals surface area contributed by atoms with Crippen LogP contribution < -0.4 is 25.7 Å². The Balaban J connectivity index is 1.11. The molecule has 50 heavy (non-hydrogen) atoms. The highest BCUT2D eigenvalue weighted by atomic mass is 16.5. The van der Waals surface area contributed by atoms with Crippen molar-refractivity contribution in [3.63, 3.8) is 0 Å². The predicted octanol–water partition coefficient (Wildman–Crippen LogP) is 4.56. The highest BCUT2D eigenvalue weighted by molar-refractivity contribution is 5.89. The van der Waals surface area contributed by atoms with E-state index < -0.39 is 0 Å². The molecule has 0 saturated carbocycles. The molecule has 0 radical (unpaired) electrons. The number of benzene rings is 2. The molecule has 1 fully saturated rings. The third-order valence-electron chi connectivity index (χ3n) is 9.64. The number of aliphatic hydroxyl groups excluding tert-OH is 1. The summed E-state index contributed by atoms with van der Waals surface area (Å²) in [5.74, 6) is 2.16. The van der Waals surface area contributed by atoms with Crippen LogP contribution >= 0.6 is 0 Å². The SMILES string of the molecule is Cc1ccc(-n2nc(C(C)(C)C)cc2NC(=O)N[C@H]2CCC(COc3ccc(N)[n+](C(=N)N4CCN(CCO)CC4)c3)c3ccccc32)cc1. The Labute approximate surface area is 294 Å². The van der Waals surface area contributed by atoms with Gasteiger partial charge in [0.25, 0.3) is 0 Å². The maximum atomic E-state index is 13.5. The maximum Gasteiger partial charge on any atom is 0.346 e. The summed E-state index contributed by atoms with van der Waals surface area (Å²) >= 11 is 0. The minimum atomic E-state index is -0.281. The lowest BCUT2D eigenvalue weighted by molar-refractivity contribution is -0.551. The molecule has 2 aromatic heterocycles. The zero-order chi connectivity index (χ0) is 35.4. The van der Waals surface area contributed by atoms with Gasteiger partial charge in [0.05, 0.1) is 43.7 Å². The van der Waals surface area contributed by atoms with Gasteiger partial charge in [-0.1, -0.05) is 62.7 Å². The highest BCUT2D eigenvalue weighted by Gasteiger charge is 2.30. The minimum absolute atomic E-state index is 0.134. The van der Waals surface area contributed by atoms with Crippen LogP contribution in [-0.2, 0) is 5.41 Å². The van der Waals surface area contributed by atoms with Crippen molar-refractivity contribution >= 4 is 23.6 Å². The first-order valence-electron chi connectivity index (χ1n) is 17.4. The molecule has 1 aliphatic heterocycles. The molecule has 12 heteroatoms. The fourth-order valence-corrected chi connectivity index (χ4v) is 6.67. The number of carbonyl (C=O) groups is 1. The van der Waals surface area contributed by atoms with Crippen molar-refractivity contribution in [1.82, 2.24) is 24.9 Å². The van der Waals surface area contributed by atoms with Crippen LogP contribution in [0.4, 0.5) is 16.4 Å². The molecule has 2 amide bonds. The van der Waals surface area contributed by atoms with Gasteiger partial charge in [0.15, 0.2) is 5.82 Å². The van der Waals surface area contributed by atoms with Gasteiger partial charge in [-0.05, 0) is 49.1 Å². The molecular formula is C38H50N9O3+. The summed E-state index contributed by atoms with van der Waals surface area (Å²) in [6, 6.07) is 21.5. The number of nitrogens with zero attached hydrogens (tertiary/aromatic N) is 5. The number of aromatic nitrogens is 3. The average Bonchev–Trinajstić information content (AvgIpc) is 3.53. The number of aliphatic hydroxyl groups is 1. The van der Waals surface area contributed by atoms with Crippen molar-refractivity contribution in [2.75, 3.05) is 57.0 Å². The number of amides is 2. The van der Waals surface area contributed by atoms with Crippen molar-refractivity contribution in [1.29, 1.82) is 5.41 Å². The number of urea groups is 1. The normalized spacial score (nSPS) is 18.0. The second-order valence-electron chi connectivity index (χ2n) is 14.3. The molecule has 1 unspecified atom stereocenters. The summed E-state index contributed by atoms with van der Waals surface area (Å²) < 4.78 is 9.80. The zero-order valence-corrected chi connectivity index (χ0v) is 29.5. The van der Waals surface area contributed by atoms with E-state index in [2.05, 4.69) is 48.4 Å². The summed E-state index contributed by atoms with van der Waals surface area (Å²) in [5.41, 5.74) is 11.3. The smallest absolute Gasteiger partial charge is 0.346 e. The van der Waals surface area contributed by atoms with Crippen LogP contribution in [0.5, 0.6) is 5.75 Å². The minimum Gasteiger partial charge on any atom is -0.490 e. The van der Waals surface area contributed by atoms with Crippen LogP contribution in [0.1, 0.15) is 68.0 Å². The molecule has 2 aliphatic rings. The van der Waals surface area contributed by atoms with Gasteiger partial charge in [0.2, 0.25) is 0 Å². The number of hydrogen-bond acceptors (Lipinski definition) is 7. The number of nitrogens with one attached hydrogen (secondary N) is 3. The standard InChI is InChI=1S/C38H49N9O3/c1-26-9-12-28(13-10-26)47-35(23-33(43-47)38(2,3)4)42-37(49)41-32-15-11-27(30-7-5-6-8-31(30)32)25-50-29-14-16-34(39)46(24-29)36(40)45-19-17-44(18-20-45)21-22-48/h5-10,12-14,16,23-24,27,32,39-40,48H,11,15,17-22,25H2,1-4H3,(H2,41,42,43,49)/p+1/t27?,32-/m0/s1. The third kappa shape index (κ3) is 7.92. The quantitative estimate of drug-likeness (QED) is 0.104. The third-order valence-corrected chi connectivity index (χ3v) is 9.64. The molecule has 2 aromatic carbocycles. The van der Waals surface area contributed by atoms with Gasteiger partial charge in [-0.3, -0.25) is 15.1 Å². The van der Waals surface area contributed by atoms with Crippen LogP contribution in [-0.4, -0.2) is 82.6 Å². The van der Waals surface area contributed by atoms with Crippen molar-refractivity contribution in [2.24, 2.45) is 0 Å². The van der Waals surface area contributed by atoms with E-state index >= 15 is 0 Å². The van der Waals surface area contributed by atoms with Gasteiger partial charge in [-0.15, -0.1) is 0 Å². The van der Waals surface area contributed by atoms with E-state index in [1.807, 2.05) is 60.4 Å². The number of anilines is 2. The van der Waals surface area contributed by atoms with E-state index in [1.54, 1.807) is 21.5 Å². The van der Waals surface area contributed by atoms with E-state index in [0.717, 1.165) is 54.0 Å². The highest BCUT2D eigenvalue weighted by Crippen LogP contribution is 2.38. The van der Waals surface area contributed by atoms with Crippen molar-refractivity contribution in [3.8, 4) is 11.4 Å². The monoisotopic (exact) mass is 680 g/mol. The lowest BCUT2D eigenvalue weighted by Crippen LogP contribution is -2.59. The topological polar surface area (TPSA) is 149 Å². The number of hydrogen-bond donors (Lipinski definition) is 5. The number of β-amino-alcohol motifs (C(OH)–C–C–N with tert-alkyl or cyclic N) is 1. The molecular weight excluding hydrogens is 630 g/mol. The van der Waals surface area contributed by atoms with Crippen LogP contribution in [0.15, 0.2) is 72.9 Å². The number of aryl methyl sites for hydroxylation is 1. The van der Waals surface area contributed by atoms with E-state index in [1.165, 1.54) is 0 Å². The van der Waals surface area contributed by atoms with Crippen LogP contribution in [0, 0.1) is 12.3 Å². The summed E-state index contributed by atoms with van der Waals surface area (Å²) in [4.78, 5) is 17.7. The molecule has 1 aliphatic carbocycles. The van der Waals surface area contributed by atoms with Crippen molar-refractivity contribution in [2.45, 2.75) is 57.9 Å². The van der Waals surface area contributed by atoms with Gasteiger partial charge in [-0.2, -0.15) is 15.1 Å². The van der Waals surface area contributed by atoms with Crippen molar-refractivity contribution in [3.05, 3.63) is 95.3 Å². The maximum absolute atomic E-state index is 13.5. The summed E-state index contributed by atoms with van der Waals surface area (Å²) in [5, 5.41) is 29.2. The van der Waals surface area contributed by atoms with E-state index in [4.69, 9.17) is 21.0 Å². The Morgan fingerprint density at radius 1 is 1.04 bits per heavy atom. The van der Waals surface area contributed by atoms with Gasteiger partial charge in [0.1, 0.15) is 17.8 Å². The second kappa shape index (κ2) is 14.9. The van der Waals surface area contributed by atoms with E-state index in [9.17, 15) is 9.90 Å². The second-order valence-corrected chi connectivity index (χ2v) is 14.3. The van der Waals surface area contributed by atoms with Gasteiger partial charge < -0.3 is 20.9 Å². The van der Waals surface area contributed by atoms with Crippen LogP contribution in [0.25, 0.3) is 5.69 Å². The van der Waals surface area contributed by atoms with E-state index in [0.29, 0.717) is 49.6 Å². The number of piperazine rings is 1. The first kappa shape index (κ1) is 34.9. The fraction of sp³-hybridized carbons (Fsp3) is 0.421. The lowest BCUT2D eigenvalue weighted by atomic mass is 9.80. The Kier molecular flexibility index (Phi) is 10.4. The molecule has 2 atom stereocenters. The molecule has 12 nitrogen and oxygen atoms in total. The molecule has 0 spiro atoms. The number of carbonyl (C=O) groups excluding carboxylic acids is 1. The molecule has 4 aromatic rings. The van der Waals surface area contributed by atoms with Crippen LogP contribution in [0.2, 0.25) is 0 Å². The van der Waals surface area contributed by atoms with Crippen molar-refractivity contribution < 1.29 is 19.2 Å². The molecule has 3 heterocycles. The summed E-state index contributed by atoms with van der Waals surface area (Å²) in [7, 11) is 0. The molecule has 0 bridgehead atoms. The number of rotatable bonds is 8. The average molecular weight is 681 g/mol. The number of fused-ring (bicyclic) bond motifs is 1. The number of pyridine rings is 1. The zero-order valence-electron chi connectivity index (χ0n) is 29.5. The molecule has 1 saturated heterocycles. The first-order valence-corrected chi connectivity index (χ1v) is 17.4. The number of nitrogens with two attached hydrogens (primary N) is 1. The molecule has 6 N–H and O–H groups in total. The largest absolute Gasteiger partial charge is 0.490 e. The Bertz CT molecular complexity index is 1810. The van der Waals surface area contributed by atoms with Gasteiger partial charge in [0, 0.05) is 43.1 Å². The van der Waals surface area contributed by atoms with Gasteiger partial charge >= 0.3 is 12.0 Å². The number of nitrogen functional groups attached to an aromatic ring is 1. The lowest BCUT2D eigenvalue weighted by Gasteiger charge is -2.32. The summed E-state index contributed by atoms with van der Waals surface area (Å²) in [6.07, 6.45) is 3.38. The Hall–Kier alpha value is -4.94. The van der Waals surface area contributed by atoms with E-state index in [-0.39, 0.29) is 30.0 Å². The Morgan fingerprint density at radius 2 is 1.76 bits per heavy atom. The first-order chi connectivity index (χ1) is 24.0. The van der Waals surface area contributed by atoms with Crippen LogP contribution in [0.3, 0.4) is 0 Å². The molecule has 6 rings (SSSR count). The molecule has 264 valence electrons. The summed E-state index contributed by atoms with van der Waals surface area (Å²) in [6.45, 7) is 12.6. The fourth-order valence-electron chi connectivity index (χ4n) is 6.67. The van der Waals surface area contributed by atoms with Gasteiger partial charge in [-0.25, -0.2) is 9.48 Å². The predicted molar refractivity (Wildman–Crippen MR) is 195 cm³/mol.